The molecule has 0 aliphatic heterocycles. The molecule has 0 saturated carbocycles. The predicted octanol–water partition coefficient (Wildman–Crippen LogP) is 10.6. The van der Waals surface area contributed by atoms with Gasteiger partial charge in [-0.1, -0.05) is 97.1 Å². The Morgan fingerprint density at radius 1 is 0.476 bits per heavy atom. The zero-order chi connectivity index (χ0) is 27.6. The van der Waals surface area contributed by atoms with Crippen molar-refractivity contribution in [2.75, 3.05) is 0 Å². The van der Waals surface area contributed by atoms with Gasteiger partial charge in [-0.25, -0.2) is 4.98 Å². The monoisotopic (exact) mass is 536 g/mol. The van der Waals surface area contributed by atoms with Crippen molar-refractivity contribution in [1.82, 2.24) is 9.55 Å². The Balaban J connectivity index is 1.25. The van der Waals surface area contributed by atoms with Crippen LogP contribution in [0.1, 0.15) is 0 Å². The van der Waals surface area contributed by atoms with Gasteiger partial charge in [0.1, 0.15) is 11.1 Å². The van der Waals surface area contributed by atoms with Crippen LogP contribution in [0.2, 0.25) is 0 Å². The van der Waals surface area contributed by atoms with E-state index in [1.54, 1.807) is 0 Å². The molecule has 0 radical (unpaired) electrons. The third-order valence-corrected chi connectivity index (χ3v) is 8.37. The summed E-state index contributed by atoms with van der Waals surface area (Å²) < 4.78 is 8.84. The van der Waals surface area contributed by atoms with Crippen molar-refractivity contribution in [3.8, 4) is 27.9 Å². The molecular weight excluding hydrogens is 512 g/mol. The first-order chi connectivity index (χ1) is 20.8. The Morgan fingerprint density at radius 3 is 1.86 bits per heavy atom. The van der Waals surface area contributed by atoms with E-state index in [4.69, 9.17) is 9.40 Å². The number of nitrogens with zero attached hydrogens (tertiary/aromatic N) is 2. The largest absolute Gasteiger partial charge is 0.454 e. The van der Waals surface area contributed by atoms with Crippen LogP contribution in [-0.2, 0) is 0 Å². The molecule has 0 atom stereocenters. The van der Waals surface area contributed by atoms with E-state index >= 15 is 0 Å². The summed E-state index contributed by atoms with van der Waals surface area (Å²) >= 11 is 0. The van der Waals surface area contributed by atoms with Crippen molar-refractivity contribution in [2.24, 2.45) is 0 Å². The molecule has 42 heavy (non-hydrogen) atoms. The number of benzene rings is 6. The Hall–Kier alpha value is -5.67. The number of para-hydroxylation sites is 4. The SMILES string of the molecule is c1cc(-c2cccc(-n3c4ccccc4c4ccccc43)c2)cc(-c2c3ccccc3nc3c2oc2ccccc23)c1. The van der Waals surface area contributed by atoms with Crippen LogP contribution >= 0.6 is 0 Å². The van der Waals surface area contributed by atoms with E-state index in [9.17, 15) is 0 Å². The van der Waals surface area contributed by atoms with Crippen molar-refractivity contribution in [1.29, 1.82) is 0 Å². The van der Waals surface area contributed by atoms with Crippen LogP contribution in [0.3, 0.4) is 0 Å². The summed E-state index contributed by atoms with van der Waals surface area (Å²) in [6, 6.07) is 51.4. The molecule has 9 rings (SSSR count). The lowest BCUT2D eigenvalue weighted by Gasteiger charge is -2.12. The molecule has 0 N–H and O–H groups in total. The van der Waals surface area contributed by atoms with Crippen LogP contribution in [-0.4, -0.2) is 9.55 Å². The summed E-state index contributed by atoms with van der Waals surface area (Å²) in [5.41, 5.74) is 11.6. The quantitative estimate of drug-likeness (QED) is 0.225. The van der Waals surface area contributed by atoms with Crippen LogP contribution < -0.4 is 0 Å². The summed E-state index contributed by atoms with van der Waals surface area (Å²) in [6.45, 7) is 0. The van der Waals surface area contributed by atoms with Crippen molar-refractivity contribution in [3.63, 3.8) is 0 Å². The van der Waals surface area contributed by atoms with E-state index in [1.807, 2.05) is 24.3 Å². The molecule has 0 aliphatic carbocycles. The average Bonchev–Trinajstić information content (AvgIpc) is 3.59. The maximum absolute atomic E-state index is 6.48. The number of pyridine rings is 1. The van der Waals surface area contributed by atoms with Gasteiger partial charge in [0.25, 0.3) is 0 Å². The lowest BCUT2D eigenvalue weighted by atomic mass is 9.95. The maximum Gasteiger partial charge on any atom is 0.162 e. The normalized spacial score (nSPS) is 11.8. The molecule has 3 aromatic heterocycles. The molecule has 6 aromatic carbocycles. The van der Waals surface area contributed by atoms with Gasteiger partial charge >= 0.3 is 0 Å². The molecule has 196 valence electrons. The number of furan rings is 1. The van der Waals surface area contributed by atoms with Gasteiger partial charge < -0.3 is 8.98 Å². The molecule has 0 fully saturated rings. The summed E-state index contributed by atoms with van der Waals surface area (Å²) in [6.07, 6.45) is 0. The molecular formula is C39H24N2O. The third-order valence-electron chi connectivity index (χ3n) is 8.37. The molecule has 0 bridgehead atoms. The fourth-order valence-corrected chi connectivity index (χ4v) is 6.50. The second-order valence-corrected chi connectivity index (χ2v) is 10.8. The Bertz CT molecular complexity index is 2430. The molecule has 0 amide bonds. The highest BCUT2D eigenvalue weighted by Crippen LogP contribution is 2.40. The van der Waals surface area contributed by atoms with Crippen LogP contribution in [0.5, 0.6) is 0 Å². The Morgan fingerprint density at radius 2 is 1.07 bits per heavy atom. The van der Waals surface area contributed by atoms with Crippen LogP contribution in [0.15, 0.2) is 150 Å². The van der Waals surface area contributed by atoms with E-state index in [1.165, 1.54) is 21.8 Å². The molecule has 0 saturated heterocycles. The standard InChI is InChI=1S/C39H24N2O/c1-5-19-33-31(17-1)37(39-38(40-33)32-18-4-8-22-36(32)42-39)27-13-9-11-25(23-27)26-12-10-14-28(24-26)41-34-20-6-2-15-29(34)30-16-3-7-21-35(30)41/h1-24H. The lowest BCUT2D eigenvalue weighted by Crippen LogP contribution is -1.94. The van der Waals surface area contributed by atoms with E-state index in [0.717, 1.165) is 60.9 Å². The highest BCUT2D eigenvalue weighted by atomic mass is 16.3. The fourth-order valence-electron chi connectivity index (χ4n) is 6.50. The predicted molar refractivity (Wildman–Crippen MR) is 174 cm³/mol. The van der Waals surface area contributed by atoms with Gasteiger partial charge in [-0.2, -0.15) is 0 Å². The Kier molecular flexibility index (Phi) is 4.90. The topological polar surface area (TPSA) is 31.0 Å². The summed E-state index contributed by atoms with van der Waals surface area (Å²) in [5, 5.41) is 4.65. The van der Waals surface area contributed by atoms with Gasteiger partial charge in [-0.05, 0) is 65.2 Å². The molecule has 0 aliphatic rings. The van der Waals surface area contributed by atoms with Gasteiger partial charge in [-0.3, -0.25) is 0 Å². The van der Waals surface area contributed by atoms with Gasteiger partial charge in [-0.15, -0.1) is 0 Å². The van der Waals surface area contributed by atoms with Crippen LogP contribution in [0, 0.1) is 0 Å². The van der Waals surface area contributed by atoms with E-state index < -0.39 is 0 Å². The Labute approximate surface area is 241 Å². The minimum atomic E-state index is 0.825. The molecule has 9 aromatic rings. The van der Waals surface area contributed by atoms with Crippen molar-refractivity contribution < 1.29 is 4.42 Å². The molecule has 0 spiro atoms. The van der Waals surface area contributed by atoms with Crippen molar-refractivity contribution >= 4 is 54.8 Å². The number of hydrogen-bond acceptors (Lipinski definition) is 2. The minimum absolute atomic E-state index is 0.825. The van der Waals surface area contributed by atoms with Crippen LogP contribution in [0.4, 0.5) is 0 Å². The zero-order valence-corrected chi connectivity index (χ0v) is 22.7. The smallest absolute Gasteiger partial charge is 0.162 e. The average molecular weight is 537 g/mol. The zero-order valence-electron chi connectivity index (χ0n) is 22.7. The highest BCUT2D eigenvalue weighted by Gasteiger charge is 2.18. The fraction of sp³-hybridized carbons (Fsp3) is 0. The van der Waals surface area contributed by atoms with Gasteiger partial charge in [0.05, 0.1) is 16.6 Å². The van der Waals surface area contributed by atoms with Crippen molar-refractivity contribution in [3.05, 3.63) is 146 Å². The second-order valence-electron chi connectivity index (χ2n) is 10.8. The lowest BCUT2D eigenvalue weighted by molar-refractivity contribution is 0.670. The molecule has 3 heterocycles. The van der Waals surface area contributed by atoms with Crippen molar-refractivity contribution in [2.45, 2.75) is 0 Å². The minimum Gasteiger partial charge on any atom is -0.454 e. The van der Waals surface area contributed by atoms with Gasteiger partial charge in [0, 0.05) is 32.8 Å². The number of rotatable bonds is 3. The number of hydrogen-bond donors (Lipinski definition) is 0. The third kappa shape index (κ3) is 3.37. The number of aromatic nitrogens is 2. The van der Waals surface area contributed by atoms with E-state index in [-0.39, 0.29) is 0 Å². The van der Waals surface area contributed by atoms with Gasteiger partial charge in [0.15, 0.2) is 5.58 Å². The first-order valence-corrected chi connectivity index (χ1v) is 14.2. The summed E-state index contributed by atoms with van der Waals surface area (Å²) in [5.74, 6) is 0. The van der Waals surface area contributed by atoms with E-state index in [2.05, 4.69) is 126 Å². The molecule has 3 nitrogen and oxygen atoms in total. The summed E-state index contributed by atoms with van der Waals surface area (Å²) in [4.78, 5) is 5.03. The second kappa shape index (κ2) is 8.92. The first-order valence-electron chi connectivity index (χ1n) is 14.2. The number of fused-ring (bicyclic) bond motifs is 7. The van der Waals surface area contributed by atoms with E-state index in [0.29, 0.717) is 0 Å². The van der Waals surface area contributed by atoms with Gasteiger partial charge in [0.2, 0.25) is 0 Å². The van der Waals surface area contributed by atoms with Crippen LogP contribution in [0.25, 0.3) is 82.7 Å². The first kappa shape index (κ1) is 23.1. The summed E-state index contributed by atoms with van der Waals surface area (Å²) in [7, 11) is 0. The maximum atomic E-state index is 6.48. The highest BCUT2D eigenvalue weighted by molar-refractivity contribution is 6.15. The molecule has 3 heteroatoms. The molecule has 0 unspecified atom stereocenters.